The van der Waals surface area contributed by atoms with Crippen molar-refractivity contribution in [1.82, 2.24) is 9.13 Å². The second-order valence-corrected chi connectivity index (χ2v) is 21.5. The van der Waals surface area contributed by atoms with Crippen molar-refractivity contribution in [1.29, 1.82) is 0 Å². The van der Waals surface area contributed by atoms with Crippen molar-refractivity contribution in [2.45, 2.75) is 77.6 Å². The summed E-state index contributed by atoms with van der Waals surface area (Å²) >= 11 is 2.00. The first-order chi connectivity index (χ1) is 29.4. The second-order valence-electron chi connectivity index (χ2n) is 20.4. The van der Waals surface area contributed by atoms with Crippen LogP contribution < -0.4 is 20.6 Å². The van der Waals surface area contributed by atoms with E-state index >= 15 is 0 Å². The first-order valence-electron chi connectivity index (χ1n) is 22.1. The summed E-state index contributed by atoms with van der Waals surface area (Å²) in [6, 6.07) is 53.7. The van der Waals surface area contributed by atoms with Crippen molar-refractivity contribution < 1.29 is 0 Å². The highest BCUT2D eigenvalue weighted by molar-refractivity contribution is 7.33. The molecule has 0 atom stereocenters. The summed E-state index contributed by atoms with van der Waals surface area (Å²) in [6.45, 7) is 16.9. The Kier molecular flexibility index (Phi) is 6.94. The van der Waals surface area contributed by atoms with E-state index in [2.05, 4.69) is 202 Å². The normalized spacial score (nSPS) is 16.2. The summed E-state index contributed by atoms with van der Waals surface area (Å²) in [5, 5.41) is 6.52. The zero-order valence-electron chi connectivity index (χ0n) is 36.0. The van der Waals surface area contributed by atoms with E-state index in [4.69, 9.17) is 0 Å². The third kappa shape index (κ3) is 4.65. The number of aromatic nitrogens is 2. The molecule has 5 heteroatoms. The molecule has 1 aliphatic carbocycles. The van der Waals surface area contributed by atoms with Crippen molar-refractivity contribution in [3.63, 3.8) is 0 Å². The maximum absolute atomic E-state index is 2.67. The molecule has 3 aromatic heterocycles. The van der Waals surface area contributed by atoms with Gasteiger partial charge < -0.3 is 14.0 Å². The van der Waals surface area contributed by atoms with Crippen molar-refractivity contribution in [2.75, 3.05) is 4.90 Å². The number of thiophene rings is 1. The minimum Gasteiger partial charge on any atom is -0.310 e. The summed E-state index contributed by atoms with van der Waals surface area (Å²) in [4.78, 5) is 2.67. The SMILES string of the molecule is CC(C)(C)c1ccc2sc3c(c2c1)N(c1ccc2c(c1)C(C)(C)CCC2(C)C)c1cccc2c1B3c1cccc3c4ccc5c6ccccc6n(-c6ccccc6)c5c4n-2c13. The van der Waals surface area contributed by atoms with E-state index in [0.29, 0.717) is 0 Å². The Labute approximate surface area is 361 Å². The van der Waals surface area contributed by atoms with Gasteiger partial charge in [0, 0.05) is 64.7 Å². The topological polar surface area (TPSA) is 13.1 Å². The van der Waals surface area contributed by atoms with Gasteiger partial charge in [-0.15, -0.1) is 11.3 Å². The van der Waals surface area contributed by atoms with Crippen LogP contribution in [-0.4, -0.2) is 15.8 Å². The molecule has 0 N–H and O–H groups in total. The van der Waals surface area contributed by atoms with Crippen LogP contribution >= 0.6 is 11.3 Å². The minimum absolute atomic E-state index is 0.0277. The van der Waals surface area contributed by atoms with Crippen LogP contribution in [0.5, 0.6) is 0 Å². The number of benzene rings is 7. The Bertz CT molecular complexity index is 3540. The van der Waals surface area contributed by atoms with Gasteiger partial charge in [-0.25, -0.2) is 0 Å². The van der Waals surface area contributed by atoms with Crippen molar-refractivity contribution in [3.8, 4) is 11.4 Å². The van der Waals surface area contributed by atoms with Gasteiger partial charge in [0.1, 0.15) is 0 Å². The summed E-state index contributed by atoms with van der Waals surface area (Å²) in [7, 11) is 0. The third-order valence-corrected chi connectivity index (χ3v) is 16.1. The molecule has 0 spiro atoms. The van der Waals surface area contributed by atoms with Gasteiger partial charge >= 0.3 is 0 Å². The van der Waals surface area contributed by atoms with Crippen LogP contribution in [0.4, 0.5) is 17.1 Å². The van der Waals surface area contributed by atoms with Crippen LogP contribution in [0.1, 0.15) is 78.0 Å². The second kappa shape index (κ2) is 11.9. The molecule has 0 radical (unpaired) electrons. The monoisotopic (exact) mass is 805 g/mol. The van der Waals surface area contributed by atoms with Crippen molar-refractivity contribution >= 4 is 105 Å². The number of fused-ring (bicyclic) bond motifs is 14. The van der Waals surface area contributed by atoms with Gasteiger partial charge in [0.25, 0.3) is 6.71 Å². The Hall–Kier alpha value is -6.04. The highest BCUT2D eigenvalue weighted by Gasteiger charge is 2.45. The molecular weight excluding hydrogens is 758 g/mol. The number of nitrogens with zero attached hydrogens (tertiary/aromatic N) is 3. The predicted octanol–water partition coefficient (Wildman–Crippen LogP) is 13.4. The zero-order valence-corrected chi connectivity index (χ0v) is 36.8. The molecule has 2 aliphatic heterocycles. The number of rotatable bonds is 2. The standard InChI is InChI=1S/C56H48BN3S/c1-54(2,3)33-23-28-47-40(31-33)52-53(61-47)57-43-19-13-18-37-39-26-25-38-36-17-11-12-20-44(36)58(34-15-9-8-10-16-34)50(38)51(39)60(49(37)43)46-22-14-21-45(48(46)57)59(52)35-24-27-41-42(32-35)56(6,7)30-29-55(41,4)5/h8-28,31-32H,29-30H2,1-7H3. The van der Waals surface area contributed by atoms with Crippen LogP contribution in [0.3, 0.4) is 0 Å². The van der Waals surface area contributed by atoms with Crippen molar-refractivity contribution in [3.05, 3.63) is 156 Å². The fourth-order valence-electron chi connectivity index (χ4n) is 11.7. The fourth-order valence-corrected chi connectivity index (χ4v) is 13.0. The molecule has 0 bridgehead atoms. The van der Waals surface area contributed by atoms with E-state index in [0.717, 1.165) is 0 Å². The van der Waals surface area contributed by atoms with Crippen molar-refractivity contribution in [2.24, 2.45) is 0 Å². The molecule has 3 aliphatic rings. The first-order valence-corrected chi connectivity index (χ1v) is 22.9. The average Bonchev–Trinajstić information content (AvgIpc) is 3.92. The Morgan fingerprint density at radius 3 is 2.02 bits per heavy atom. The van der Waals surface area contributed by atoms with E-state index < -0.39 is 0 Å². The molecule has 7 aromatic carbocycles. The molecular formula is C56H48BN3S. The fraction of sp³-hybridized carbons (Fsp3) is 0.214. The van der Waals surface area contributed by atoms with Crippen LogP contribution in [0, 0.1) is 0 Å². The van der Waals surface area contributed by atoms with E-state index in [9.17, 15) is 0 Å². The van der Waals surface area contributed by atoms with Gasteiger partial charge in [0.05, 0.1) is 22.2 Å². The molecule has 13 rings (SSSR count). The Balaban J connectivity index is 1.18. The summed E-state index contributed by atoms with van der Waals surface area (Å²) in [6.07, 6.45) is 2.39. The van der Waals surface area contributed by atoms with E-state index in [1.54, 1.807) is 0 Å². The summed E-state index contributed by atoms with van der Waals surface area (Å²) in [5.41, 5.74) is 18.8. The molecule has 3 nitrogen and oxygen atoms in total. The van der Waals surface area contributed by atoms with E-state index in [-0.39, 0.29) is 23.0 Å². The van der Waals surface area contributed by atoms with Gasteiger partial charge in [-0.05, 0) is 111 Å². The molecule has 0 fully saturated rings. The molecule has 5 heterocycles. The highest BCUT2D eigenvalue weighted by atomic mass is 32.1. The quantitative estimate of drug-likeness (QED) is 0.159. The number of para-hydroxylation sites is 3. The minimum atomic E-state index is 0.0277. The molecule has 296 valence electrons. The van der Waals surface area contributed by atoms with Gasteiger partial charge in [0.2, 0.25) is 0 Å². The van der Waals surface area contributed by atoms with Gasteiger partial charge in [0.15, 0.2) is 0 Å². The lowest BCUT2D eigenvalue weighted by molar-refractivity contribution is 0.332. The van der Waals surface area contributed by atoms with Crippen LogP contribution in [0.15, 0.2) is 140 Å². The number of hydrogen-bond donors (Lipinski definition) is 0. The smallest absolute Gasteiger partial charge is 0.264 e. The largest absolute Gasteiger partial charge is 0.310 e. The van der Waals surface area contributed by atoms with Crippen LogP contribution in [0.25, 0.3) is 65.1 Å². The average molecular weight is 806 g/mol. The van der Waals surface area contributed by atoms with Crippen LogP contribution in [-0.2, 0) is 16.2 Å². The van der Waals surface area contributed by atoms with Crippen LogP contribution in [0.2, 0.25) is 0 Å². The zero-order chi connectivity index (χ0) is 41.3. The van der Waals surface area contributed by atoms with E-state index in [1.807, 2.05) is 11.3 Å². The Morgan fingerprint density at radius 1 is 0.541 bits per heavy atom. The molecule has 0 unspecified atom stereocenters. The lowest BCUT2D eigenvalue weighted by Gasteiger charge is -2.43. The Morgan fingerprint density at radius 2 is 1.21 bits per heavy atom. The summed E-state index contributed by atoms with van der Waals surface area (Å²) < 4.78 is 7.95. The number of hydrogen-bond acceptors (Lipinski definition) is 2. The van der Waals surface area contributed by atoms with Gasteiger partial charge in [-0.1, -0.05) is 133 Å². The molecule has 61 heavy (non-hydrogen) atoms. The predicted molar refractivity (Wildman–Crippen MR) is 264 cm³/mol. The lowest BCUT2D eigenvalue weighted by Crippen LogP contribution is -2.59. The van der Waals surface area contributed by atoms with Gasteiger partial charge in [-0.3, -0.25) is 0 Å². The first kappa shape index (κ1) is 35.7. The summed E-state index contributed by atoms with van der Waals surface area (Å²) in [5.74, 6) is 0. The molecule has 0 saturated carbocycles. The third-order valence-electron chi connectivity index (χ3n) is 14.9. The highest BCUT2D eigenvalue weighted by Crippen LogP contribution is 2.51. The number of anilines is 3. The van der Waals surface area contributed by atoms with E-state index in [1.165, 1.54) is 127 Å². The van der Waals surface area contributed by atoms with Gasteiger partial charge in [-0.2, -0.15) is 0 Å². The maximum atomic E-state index is 2.67. The molecule has 0 saturated heterocycles. The maximum Gasteiger partial charge on any atom is 0.264 e. The molecule has 10 aromatic rings. The lowest BCUT2D eigenvalue weighted by atomic mass is 9.36. The molecule has 0 amide bonds.